The highest BCUT2D eigenvalue weighted by atomic mass is 35.5. The number of nitrogens with two attached hydrogens (primary N) is 1. The molecule has 0 aromatic carbocycles. The maximum Gasteiger partial charge on any atom is 0.407 e. The molecule has 0 bridgehead atoms. The molecule has 11 nitrogen and oxygen atoms in total. The molecule has 2 aliphatic rings. The first-order valence-corrected chi connectivity index (χ1v) is 13.4. The van der Waals surface area contributed by atoms with E-state index in [9.17, 15) is 4.79 Å². The average molecular weight is 547 g/mol. The lowest BCUT2D eigenvalue weighted by Crippen LogP contribution is -2.55. The Morgan fingerprint density at radius 3 is 2.78 bits per heavy atom. The number of carbonyl (C=O) groups is 1. The summed E-state index contributed by atoms with van der Waals surface area (Å²) in [5.74, 6) is 1.04. The van der Waals surface area contributed by atoms with E-state index in [-0.39, 0.29) is 23.4 Å². The van der Waals surface area contributed by atoms with E-state index in [4.69, 9.17) is 31.8 Å². The van der Waals surface area contributed by atoms with Gasteiger partial charge in [0.15, 0.2) is 11.5 Å². The summed E-state index contributed by atoms with van der Waals surface area (Å²) in [7, 11) is 0. The number of hydrogen-bond acceptors (Lipinski definition) is 10. The zero-order valence-electron chi connectivity index (χ0n) is 21.3. The molecule has 3 aromatic heterocycles. The standard InChI is InChI=1S/C24H31ClN8O3S/c1-14-18(31-22(34)36-23(2,3)4)24(12-35-14)6-9-32(10-7-24)20-21-29-13-30-33(21)16(11-28-20)37-15-5-8-27-19(26)17(15)25/h5,8,11,13-14,18H,6-7,9-10,12H2,1-4H3,(H2,26,27)(H,31,34). The molecule has 0 aliphatic carbocycles. The molecule has 2 atom stereocenters. The Morgan fingerprint density at radius 1 is 1.30 bits per heavy atom. The Kier molecular flexibility index (Phi) is 6.84. The Morgan fingerprint density at radius 2 is 2.05 bits per heavy atom. The molecule has 198 valence electrons. The number of nitrogens with zero attached hydrogens (tertiary/aromatic N) is 6. The summed E-state index contributed by atoms with van der Waals surface area (Å²) in [5.41, 5.74) is 5.80. The van der Waals surface area contributed by atoms with Gasteiger partial charge in [-0.15, -0.1) is 0 Å². The number of rotatable bonds is 4. The van der Waals surface area contributed by atoms with Crippen LogP contribution in [-0.4, -0.2) is 68.1 Å². The number of aromatic nitrogens is 5. The largest absolute Gasteiger partial charge is 0.444 e. The predicted molar refractivity (Wildman–Crippen MR) is 141 cm³/mol. The molecular weight excluding hydrogens is 516 g/mol. The number of halogens is 1. The summed E-state index contributed by atoms with van der Waals surface area (Å²) in [5, 5.41) is 8.67. The molecule has 1 amide bonds. The van der Waals surface area contributed by atoms with Gasteiger partial charge >= 0.3 is 6.09 Å². The number of amides is 1. The number of pyridine rings is 1. The second-order valence-corrected chi connectivity index (χ2v) is 12.0. The number of alkyl carbamates (subject to hydrolysis) is 1. The first-order valence-electron chi connectivity index (χ1n) is 12.2. The van der Waals surface area contributed by atoms with Gasteiger partial charge in [0.05, 0.1) is 30.0 Å². The van der Waals surface area contributed by atoms with Crippen LogP contribution < -0.4 is 16.0 Å². The van der Waals surface area contributed by atoms with Crippen LogP contribution >= 0.6 is 23.4 Å². The molecule has 0 saturated carbocycles. The number of ether oxygens (including phenoxy) is 2. The van der Waals surface area contributed by atoms with Gasteiger partial charge in [-0.3, -0.25) is 0 Å². The van der Waals surface area contributed by atoms with Gasteiger partial charge in [-0.05, 0) is 46.6 Å². The van der Waals surface area contributed by atoms with Crippen LogP contribution in [0.5, 0.6) is 0 Å². The first-order chi connectivity index (χ1) is 17.6. The number of carbonyl (C=O) groups excluding carboxylic acids is 1. The summed E-state index contributed by atoms with van der Waals surface area (Å²) in [6.07, 6.45) is 6.08. The van der Waals surface area contributed by atoms with Gasteiger partial charge in [0, 0.05) is 29.6 Å². The summed E-state index contributed by atoms with van der Waals surface area (Å²) in [6.45, 7) is 9.68. The van der Waals surface area contributed by atoms with E-state index in [2.05, 4.69) is 25.3 Å². The minimum Gasteiger partial charge on any atom is -0.444 e. The highest BCUT2D eigenvalue weighted by Crippen LogP contribution is 2.43. The molecule has 2 unspecified atom stereocenters. The van der Waals surface area contributed by atoms with E-state index >= 15 is 0 Å². The Bertz CT molecular complexity index is 1300. The van der Waals surface area contributed by atoms with E-state index in [1.54, 1.807) is 23.0 Å². The van der Waals surface area contributed by atoms with Crippen molar-refractivity contribution in [2.24, 2.45) is 5.41 Å². The monoisotopic (exact) mass is 546 g/mol. The molecule has 5 heterocycles. The van der Waals surface area contributed by atoms with E-state index < -0.39 is 11.7 Å². The van der Waals surface area contributed by atoms with Crippen molar-refractivity contribution < 1.29 is 14.3 Å². The van der Waals surface area contributed by atoms with Crippen molar-refractivity contribution >= 4 is 46.7 Å². The van der Waals surface area contributed by atoms with Gasteiger partial charge < -0.3 is 25.4 Å². The number of nitrogens with one attached hydrogen (secondary N) is 1. The Hall–Kier alpha value is -2.83. The van der Waals surface area contributed by atoms with Crippen LogP contribution in [-0.2, 0) is 9.47 Å². The van der Waals surface area contributed by atoms with Crippen LogP contribution in [0, 0.1) is 5.41 Å². The van der Waals surface area contributed by atoms with E-state index in [0.717, 1.165) is 41.7 Å². The third-order valence-electron chi connectivity index (χ3n) is 6.84. The van der Waals surface area contributed by atoms with Crippen LogP contribution in [0.4, 0.5) is 16.4 Å². The molecule has 2 fully saturated rings. The van der Waals surface area contributed by atoms with E-state index in [0.29, 0.717) is 17.3 Å². The molecule has 0 radical (unpaired) electrons. The zero-order valence-corrected chi connectivity index (χ0v) is 22.8. The summed E-state index contributed by atoms with van der Waals surface area (Å²) < 4.78 is 13.3. The number of hydrogen-bond donors (Lipinski definition) is 2. The second kappa shape index (κ2) is 9.80. The fourth-order valence-electron chi connectivity index (χ4n) is 5.01. The van der Waals surface area contributed by atoms with Crippen molar-refractivity contribution in [3.8, 4) is 0 Å². The van der Waals surface area contributed by atoms with Crippen LogP contribution in [0.1, 0.15) is 40.5 Å². The minimum atomic E-state index is -0.557. The topological polar surface area (TPSA) is 133 Å². The van der Waals surface area contributed by atoms with Crippen LogP contribution in [0.3, 0.4) is 0 Å². The fourth-order valence-corrected chi connectivity index (χ4v) is 6.12. The summed E-state index contributed by atoms with van der Waals surface area (Å²) in [6, 6.07) is 1.68. The van der Waals surface area contributed by atoms with Crippen molar-refractivity contribution in [1.29, 1.82) is 0 Å². The Balaban J connectivity index is 1.32. The second-order valence-electron chi connectivity index (χ2n) is 10.5. The number of anilines is 2. The van der Waals surface area contributed by atoms with Gasteiger partial charge in [0.25, 0.3) is 0 Å². The summed E-state index contributed by atoms with van der Waals surface area (Å²) >= 11 is 7.74. The maximum atomic E-state index is 12.5. The van der Waals surface area contributed by atoms with Crippen LogP contribution in [0.15, 0.2) is 34.7 Å². The lowest BCUT2D eigenvalue weighted by molar-refractivity contribution is 0.0434. The quantitative estimate of drug-likeness (QED) is 0.497. The van der Waals surface area contributed by atoms with Gasteiger partial charge in [0.2, 0.25) is 0 Å². The molecular formula is C24H31ClN8O3S. The van der Waals surface area contributed by atoms with Crippen molar-refractivity contribution in [2.45, 2.75) is 68.2 Å². The predicted octanol–water partition coefficient (Wildman–Crippen LogP) is 3.80. The number of fused-ring (bicyclic) bond motifs is 1. The zero-order chi connectivity index (χ0) is 26.4. The minimum absolute atomic E-state index is 0.0919. The molecule has 3 N–H and O–H groups in total. The van der Waals surface area contributed by atoms with E-state index in [1.165, 1.54) is 18.1 Å². The van der Waals surface area contributed by atoms with E-state index in [1.807, 2.05) is 27.7 Å². The number of piperidine rings is 1. The molecule has 3 aromatic rings. The molecule has 2 aliphatic heterocycles. The molecule has 13 heteroatoms. The van der Waals surface area contributed by atoms with Gasteiger partial charge in [-0.1, -0.05) is 23.4 Å². The van der Waals surface area contributed by atoms with Gasteiger partial charge in [-0.25, -0.2) is 24.3 Å². The number of nitrogen functional groups attached to an aromatic ring is 1. The van der Waals surface area contributed by atoms with Crippen molar-refractivity contribution in [3.05, 3.63) is 29.8 Å². The smallest absolute Gasteiger partial charge is 0.407 e. The van der Waals surface area contributed by atoms with Crippen LogP contribution in [0.2, 0.25) is 5.02 Å². The Labute approximate surface area is 224 Å². The van der Waals surface area contributed by atoms with Gasteiger partial charge in [-0.2, -0.15) is 5.10 Å². The lowest BCUT2D eigenvalue weighted by atomic mass is 9.73. The lowest BCUT2D eigenvalue weighted by Gasteiger charge is -2.43. The third-order valence-corrected chi connectivity index (χ3v) is 8.40. The fraction of sp³-hybridized carbons (Fsp3) is 0.542. The molecule has 37 heavy (non-hydrogen) atoms. The summed E-state index contributed by atoms with van der Waals surface area (Å²) in [4.78, 5) is 28.8. The average Bonchev–Trinajstić information content (AvgIpc) is 3.44. The van der Waals surface area contributed by atoms with Gasteiger partial charge in [0.1, 0.15) is 22.8 Å². The third kappa shape index (κ3) is 5.14. The highest BCUT2D eigenvalue weighted by molar-refractivity contribution is 7.99. The van der Waals surface area contributed by atoms with Crippen molar-refractivity contribution in [3.63, 3.8) is 0 Å². The van der Waals surface area contributed by atoms with Crippen molar-refractivity contribution in [2.75, 3.05) is 30.3 Å². The molecule has 2 saturated heterocycles. The molecule has 1 spiro atoms. The molecule has 5 rings (SSSR count). The van der Waals surface area contributed by atoms with Crippen molar-refractivity contribution in [1.82, 2.24) is 29.9 Å². The maximum absolute atomic E-state index is 12.5. The van der Waals surface area contributed by atoms with Crippen LogP contribution in [0.25, 0.3) is 5.65 Å². The normalized spacial score (nSPS) is 21.5. The SMILES string of the molecule is CC1OCC2(CCN(c3ncc(Sc4ccnc(N)c4Cl)n4ncnc34)CC2)C1NC(=O)OC(C)(C)C. The highest BCUT2D eigenvalue weighted by Gasteiger charge is 2.50. The first kappa shape index (κ1) is 25.8.